The summed E-state index contributed by atoms with van der Waals surface area (Å²) in [6.45, 7) is 3.04. The van der Waals surface area contributed by atoms with Crippen LogP contribution in [0.3, 0.4) is 0 Å². The van der Waals surface area contributed by atoms with E-state index in [2.05, 4.69) is 42.2 Å². The first-order valence-corrected chi connectivity index (χ1v) is 10.8. The van der Waals surface area contributed by atoms with Gasteiger partial charge >= 0.3 is 0 Å². The summed E-state index contributed by atoms with van der Waals surface area (Å²) >= 11 is 0. The molecule has 1 aliphatic heterocycles. The Morgan fingerprint density at radius 3 is 2.69 bits per heavy atom. The van der Waals surface area contributed by atoms with Gasteiger partial charge < -0.3 is 9.32 Å². The van der Waals surface area contributed by atoms with Crippen molar-refractivity contribution in [2.24, 2.45) is 0 Å². The quantitative estimate of drug-likeness (QED) is 0.482. The minimum absolute atomic E-state index is 0.144. The summed E-state index contributed by atoms with van der Waals surface area (Å²) in [7, 11) is 0. The Kier molecular flexibility index (Phi) is 6.14. The number of amides is 1. The fraction of sp³-hybridized carbons (Fsp3) is 0.346. The maximum Gasteiger partial charge on any atom is 0.254 e. The van der Waals surface area contributed by atoms with E-state index in [1.807, 2.05) is 36.4 Å². The summed E-state index contributed by atoms with van der Waals surface area (Å²) in [5.74, 6) is 1.48. The smallest absolute Gasteiger partial charge is 0.254 e. The number of hydrogen-bond donors (Lipinski definition) is 0. The Bertz CT molecular complexity index is 917. The lowest BCUT2D eigenvalue weighted by molar-refractivity contribution is 0.0575. The van der Waals surface area contributed by atoms with Crippen molar-refractivity contribution in [1.82, 2.24) is 4.90 Å². The lowest BCUT2D eigenvalue weighted by Crippen LogP contribution is -2.45. The van der Waals surface area contributed by atoms with Gasteiger partial charge in [0.1, 0.15) is 5.76 Å². The minimum Gasteiger partial charge on any atom is -0.464 e. The molecule has 1 aromatic heterocycles. The lowest BCUT2D eigenvalue weighted by Gasteiger charge is -2.40. The highest BCUT2D eigenvalue weighted by Crippen LogP contribution is 2.34. The van der Waals surface area contributed by atoms with E-state index in [4.69, 9.17) is 4.42 Å². The molecular weight excluding hydrogens is 358 g/mol. The summed E-state index contributed by atoms with van der Waals surface area (Å²) in [5.41, 5.74) is 3.10. The van der Waals surface area contributed by atoms with Gasteiger partial charge in [0.25, 0.3) is 5.91 Å². The molecule has 0 radical (unpaired) electrons. The van der Waals surface area contributed by atoms with Crippen LogP contribution in [0, 0.1) is 0 Å². The van der Waals surface area contributed by atoms with Crippen molar-refractivity contribution in [2.75, 3.05) is 6.54 Å². The predicted octanol–water partition coefficient (Wildman–Crippen LogP) is 6.53. The van der Waals surface area contributed by atoms with Crippen LogP contribution in [0.4, 0.5) is 0 Å². The van der Waals surface area contributed by atoms with Crippen molar-refractivity contribution >= 4 is 5.91 Å². The molecule has 150 valence electrons. The fourth-order valence-electron chi connectivity index (χ4n) is 4.47. The SMILES string of the molecule is CCCC[C@@H]1C[C@H](c2ccccc2)CCN1C(=O)c1cccc(-c2ccco2)c1. The average molecular weight is 388 g/mol. The molecule has 3 aromatic rings. The predicted molar refractivity (Wildman–Crippen MR) is 117 cm³/mol. The Morgan fingerprint density at radius 2 is 1.93 bits per heavy atom. The molecule has 0 N–H and O–H groups in total. The highest BCUT2D eigenvalue weighted by atomic mass is 16.3. The third kappa shape index (κ3) is 4.45. The summed E-state index contributed by atoms with van der Waals surface area (Å²) < 4.78 is 5.51. The Labute approximate surface area is 173 Å². The van der Waals surface area contributed by atoms with Crippen LogP contribution < -0.4 is 0 Å². The van der Waals surface area contributed by atoms with Crippen LogP contribution in [0.2, 0.25) is 0 Å². The maximum atomic E-state index is 13.4. The number of unbranched alkanes of at least 4 members (excludes halogenated alkanes) is 1. The molecule has 2 aromatic carbocycles. The largest absolute Gasteiger partial charge is 0.464 e. The van der Waals surface area contributed by atoms with Crippen molar-refractivity contribution in [3.05, 3.63) is 84.1 Å². The van der Waals surface area contributed by atoms with Crippen molar-refractivity contribution < 1.29 is 9.21 Å². The lowest BCUT2D eigenvalue weighted by atomic mass is 9.83. The molecule has 3 heteroatoms. The number of rotatable bonds is 6. The Hall–Kier alpha value is -2.81. The second-order valence-corrected chi connectivity index (χ2v) is 7.98. The highest BCUT2D eigenvalue weighted by Gasteiger charge is 2.32. The van der Waals surface area contributed by atoms with Gasteiger partial charge in [0.15, 0.2) is 0 Å². The van der Waals surface area contributed by atoms with Crippen LogP contribution >= 0.6 is 0 Å². The molecular formula is C26H29NO2. The standard InChI is InChI=1S/C26H29NO2/c1-2-3-13-24-19-21(20-9-5-4-6-10-20)15-16-27(24)26(28)23-12-7-11-22(18-23)25-14-8-17-29-25/h4-12,14,17-18,21,24H,2-3,13,15-16,19H2,1H3/t21-,24-/m1/s1. The van der Waals surface area contributed by atoms with Crippen LogP contribution in [0.5, 0.6) is 0 Å². The molecule has 0 aliphatic carbocycles. The summed E-state index contributed by atoms with van der Waals surface area (Å²) in [5, 5.41) is 0. The van der Waals surface area contributed by atoms with Crippen LogP contribution in [0.25, 0.3) is 11.3 Å². The fourth-order valence-corrected chi connectivity index (χ4v) is 4.47. The molecule has 0 bridgehead atoms. The van der Waals surface area contributed by atoms with Gasteiger partial charge in [-0.3, -0.25) is 4.79 Å². The number of benzene rings is 2. The van der Waals surface area contributed by atoms with Gasteiger partial charge in [-0.2, -0.15) is 0 Å². The molecule has 2 atom stereocenters. The van der Waals surface area contributed by atoms with E-state index in [1.54, 1.807) is 6.26 Å². The Balaban J connectivity index is 1.54. The molecule has 3 nitrogen and oxygen atoms in total. The third-order valence-electron chi connectivity index (χ3n) is 6.05. The van der Waals surface area contributed by atoms with E-state index >= 15 is 0 Å². The topological polar surface area (TPSA) is 33.5 Å². The van der Waals surface area contributed by atoms with E-state index in [1.165, 1.54) is 5.56 Å². The van der Waals surface area contributed by atoms with Crippen molar-refractivity contribution in [2.45, 2.75) is 51.0 Å². The first-order chi connectivity index (χ1) is 14.3. The monoisotopic (exact) mass is 387 g/mol. The molecule has 1 saturated heterocycles. The zero-order valence-electron chi connectivity index (χ0n) is 17.1. The first kappa shape index (κ1) is 19.5. The zero-order chi connectivity index (χ0) is 20.1. The highest BCUT2D eigenvalue weighted by molar-refractivity contribution is 5.95. The van der Waals surface area contributed by atoms with Gasteiger partial charge in [-0.05, 0) is 55.0 Å². The number of nitrogens with zero attached hydrogens (tertiary/aromatic N) is 1. The molecule has 2 heterocycles. The molecule has 0 unspecified atom stereocenters. The maximum absolute atomic E-state index is 13.4. The summed E-state index contributed by atoms with van der Waals surface area (Å²) in [6, 6.07) is 22.7. The van der Waals surface area contributed by atoms with Gasteiger partial charge in [-0.25, -0.2) is 0 Å². The number of likely N-dealkylation sites (tertiary alicyclic amines) is 1. The second kappa shape index (κ2) is 9.13. The number of carbonyl (C=O) groups is 1. The average Bonchev–Trinajstić information content (AvgIpc) is 3.33. The molecule has 1 amide bonds. The summed E-state index contributed by atoms with van der Waals surface area (Å²) in [4.78, 5) is 15.6. The summed E-state index contributed by atoms with van der Waals surface area (Å²) in [6.07, 6.45) is 7.12. The third-order valence-corrected chi connectivity index (χ3v) is 6.05. The van der Waals surface area contributed by atoms with Gasteiger partial charge in [0.05, 0.1) is 6.26 Å². The molecule has 1 fully saturated rings. The molecule has 1 aliphatic rings. The van der Waals surface area contributed by atoms with E-state index < -0.39 is 0 Å². The van der Waals surface area contributed by atoms with Crippen molar-refractivity contribution in [3.63, 3.8) is 0 Å². The van der Waals surface area contributed by atoms with Gasteiger partial charge in [-0.15, -0.1) is 0 Å². The van der Waals surface area contributed by atoms with Crippen LogP contribution in [0.1, 0.15) is 60.9 Å². The number of carbonyl (C=O) groups excluding carboxylic acids is 1. The first-order valence-electron chi connectivity index (χ1n) is 10.8. The second-order valence-electron chi connectivity index (χ2n) is 7.98. The number of hydrogen-bond acceptors (Lipinski definition) is 2. The van der Waals surface area contributed by atoms with Crippen molar-refractivity contribution in [1.29, 1.82) is 0 Å². The molecule has 29 heavy (non-hydrogen) atoms. The van der Waals surface area contributed by atoms with E-state index in [9.17, 15) is 4.79 Å². The normalized spacial score (nSPS) is 19.3. The molecule has 0 saturated carbocycles. The number of piperidine rings is 1. The molecule has 0 spiro atoms. The van der Waals surface area contributed by atoms with Gasteiger partial charge in [0.2, 0.25) is 0 Å². The van der Waals surface area contributed by atoms with E-state index in [-0.39, 0.29) is 5.91 Å². The van der Waals surface area contributed by atoms with Gasteiger partial charge in [0, 0.05) is 23.7 Å². The number of furan rings is 1. The minimum atomic E-state index is 0.144. The van der Waals surface area contributed by atoms with E-state index in [0.29, 0.717) is 12.0 Å². The van der Waals surface area contributed by atoms with Crippen LogP contribution in [0.15, 0.2) is 77.4 Å². The Morgan fingerprint density at radius 1 is 1.07 bits per heavy atom. The van der Waals surface area contributed by atoms with Crippen LogP contribution in [-0.2, 0) is 0 Å². The van der Waals surface area contributed by atoms with Gasteiger partial charge in [-0.1, -0.05) is 62.2 Å². The van der Waals surface area contributed by atoms with Crippen molar-refractivity contribution in [3.8, 4) is 11.3 Å². The molecule has 4 rings (SSSR count). The van der Waals surface area contributed by atoms with E-state index in [0.717, 1.165) is 55.5 Å². The zero-order valence-corrected chi connectivity index (χ0v) is 17.1. The van der Waals surface area contributed by atoms with Crippen LogP contribution in [-0.4, -0.2) is 23.4 Å².